The summed E-state index contributed by atoms with van der Waals surface area (Å²) in [5.74, 6) is 0. The molecule has 59 valence electrons. The second-order valence-corrected chi connectivity index (χ2v) is 1.80. The van der Waals surface area contributed by atoms with E-state index in [1.165, 1.54) is 0 Å². The predicted molar refractivity (Wildman–Crippen MR) is 20.4 cm³/mol. The monoisotopic (exact) mass is 273 g/mol. The summed E-state index contributed by atoms with van der Waals surface area (Å²) in [7, 11) is -4.61. The van der Waals surface area contributed by atoms with Crippen LogP contribution in [0.2, 0.25) is 0 Å². The molecule has 0 aromatic heterocycles. The molecule has 0 amide bonds. The fourth-order valence-corrected chi connectivity index (χ4v) is 0. The number of rotatable bonds is 0. The fraction of sp³-hybridized carbons (Fsp3) is 0. The zero-order chi connectivity index (χ0) is 4.50. The smallest absolute Gasteiger partial charge is 0.368 e. The first-order chi connectivity index (χ1) is 2.00. The van der Waals surface area contributed by atoms with Crippen LogP contribution in [0.25, 0.3) is 0 Å². The van der Waals surface area contributed by atoms with Crippen molar-refractivity contribution in [1.82, 2.24) is 0 Å². The van der Waals surface area contributed by atoms with Crippen molar-refractivity contribution in [3.05, 3.63) is 0 Å². The molecule has 0 fully saturated rings. The Bertz CT molecular complexity index is 36.0. The van der Waals surface area contributed by atoms with Gasteiger partial charge in [0.15, 0.2) is 0 Å². The maximum absolute atomic E-state index is 7.33. The van der Waals surface area contributed by atoms with Crippen molar-refractivity contribution in [1.29, 1.82) is 0 Å². The molecule has 0 rings (SSSR count). The molecule has 4 N–H and O–H groups in total. The van der Waals surface area contributed by atoms with E-state index in [9.17, 15) is 0 Å². The van der Waals surface area contributed by atoms with Crippen molar-refractivity contribution < 1.29 is 70.1 Å². The van der Waals surface area contributed by atoms with Crippen LogP contribution in [-0.4, -0.2) is 36.6 Å². The van der Waals surface area contributed by atoms with Gasteiger partial charge in [0.1, 0.15) is 0 Å². The largest absolute Gasteiger partial charge is 0.668 e. The first-order valence-corrected chi connectivity index (χ1v) is 2.68. The average molecular weight is 273 g/mol. The maximum Gasteiger partial charge on any atom is 0.668 e. The molecule has 0 aromatic carbocycles. The molecule has 0 heterocycles. The van der Waals surface area contributed by atoms with Crippen LogP contribution in [0.1, 0.15) is 0 Å². The molecule has 0 saturated heterocycles. The molecule has 3 radical (unpaired) electrons. The van der Waals surface area contributed by atoms with E-state index in [0.717, 1.165) is 0 Å². The Kier molecular flexibility index (Phi) is 42.6. The molecule has 0 spiro atoms. The van der Waals surface area contributed by atoms with Crippen molar-refractivity contribution in [3.8, 4) is 0 Å². The van der Waals surface area contributed by atoms with Crippen LogP contribution in [0.15, 0.2) is 0 Å². The van der Waals surface area contributed by atoms with Gasteiger partial charge in [0.25, 0.3) is 0 Å². The van der Waals surface area contributed by atoms with E-state index in [1.54, 1.807) is 0 Å². The van der Waals surface area contributed by atoms with Gasteiger partial charge in [-0.1, -0.05) is 0 Å². The standard InChI is InChI=1S/B.Cr.Fe.Ni.H4O4Si/c;;;;1-5(2,3)4/h;;;;1-4H. The zero-order valence-electron chi connectivity index (χ0n) is 3.94. The minimum atomic E-state index is -4.61. The third-order valence-corrected chi connectivity index (χ3v) is 0. The molecule has 0 aliphatic heterocycles. The molecule has 0 bridgehead atoms. The molecule has 0 aliphatic carbocycles. The minimum absolute atomic E-state index is 0. The summed E-state index contributed by atoms with van der Waals surface area (Å²) in [5.41, 5.74) is 0. The SMILES string of the molecule is O[Si](O)(O)O.[B].[Cr].[Fe].[Ni]. The van der Waals surface area contributed by atoms with Gasteiger partial charge >= 0.3 is 9.05 Å². The van der Waals surface area contributed by atoms with Crippen LogP contribution in [-0.2, 0) is 50.9 Å². The molecule has 0 aliphatic rings. The third-order valence-electron chi connectivity index (χ3n) is 0. The minimum Gasteiger partial charge on any atom is -0.368 e. The van der Waals surface area contributed by atoms with E-state index in [1.807, 2.05) is 0 Å². The first-order valence-electron chi connectivity index (χ1n) is 0.894. The number of hydrogen-bond donors (Lipinski definition) is 4. The Hall–Kier alpha value is 1.67. The average Bonchev–Trinajstić information content (AvgIpc) is 0.722. The van der Waals surface area contributed by atoms with E-state index in [4.69, 9.17) is 19.2 Å². The zero-order valence-corrected chi connectivity index (χ0v) is 8.31. The van der Waals surface area contributed by atoms with Crippen molar-refractivity contribution in [3.63, 3.8) is 0 Å². The summed E-state index contributed by atoms with van der Waals surface area (Å²) < 4.78 is 0. The Labute approximate surface area is 87.3 Å². The maximum atomic E-state index is 7.33. The fourth-order valence-electron chi connectivity index (χ4n) is 0. The summed E-state index contributed by atoms with van der Waals surface area (Å²) in [6.07, 6.45) is 0. The molecular formula is H4BCrFeNiO4Si. The van der Waals surface area contributed by atoms with Crippen LogP contribution in [0.4, 0.5) is 0 Å². The quantitative estimate of drug-likeness (QED) is 0.355. The van der Waals surface area contributed by atoms with E-state index >= 15 is 0 Å². The Morgan fingerprint density at radius 2 is 0.889 bits per heavy atom. The molecule has 0 saturated carbocycles. The predicted octanol–water partition coefficient (Wildman–Crippen LogP) is -3.00. The first kappa shape index (κ1) is 31.0. The molecule has 0 unspecified atom stereocenters. The van der Waals surface area contributed by atoms with E-state index < -0.39 is 9.05 Å². The molecule has 9 heavy (non-hydrogen) atoms. The molecule has 0 atom stereocenters. The van der Waals surface area contributed by atoms with Crippen LogP contribution in [0.5, 0.6) is 0 Å². The van der Waals surface area contributed by atoms with Gasteiger partial charge in [0.2, 0.25) is 0 Å². The molecule has 4 nitrogen and oxygen atoms in total. The summed E-state index contributed by atoms with van der Waals surface area (Å²) in [5, 5.41) is 0. The van der Waals surface area contributed by atoms with Gasteiger partial charge in [-0.25, -0.2) is 0 Å². The van der Waals surface area contributed by atoms with Crippen LogP contribution >= 0.6 is 0 Å². The second kappa shape index (κ2) is 12.4. The van der Waals surface area contributed by atoms with Gasteiger partial charge in [-0.3, -0.25) is 0 Å². The van der Waals surface area contributed by atoms with E-state index in [-0.39, 0.29) is 59.3 Å². The summed E-state index contributed by atoms with van der Waals surface area (Å²) in [6, 6.07) is 0. The molecular weight excluding hydrogens is 269 g/mol. The van der Waals surface area contributed by atoms with Crippen LogP contribution in [0, 0.1) is 0 Å². The van der Waals surface area contributed by atoms with Gasteiger partial charge < -0.3 is 19.2 Å². The van der Waals surface area contributed by atoms with Gasteiger partial charge in [-0.2, -0.15) is 0 Å². The molecule has 9 heteroatoms. The van der Waals surface area contributed by atoms with Gasteiger partial charge in [-0.05, 0) is 0 Å². The van der Waals surface area contributed by atoms with Gasteiger partial charge in [0.05, 0.1) is 0 Å². The van der Waals surface area contributed by atoms with Gasteiger partial charge in [0, 0.05) is 59.3 Å². The van der Waals surface area contributed by atoms with Crippen molar-refractivity contribution in [2.45, 2.75) is 0 Å². The Morgan fingerprint density at radius 1 is 0.889 bits per heavy atom. The van der Waals surface area contributed by atoms with Crippen LogP contribution < -0.4 is 0 Å². The number of hydrogen-bond acceptors (Lipinski definition) is 4. The van der Waals surface area contributed by atoms with Crippen molar-refractivity contribution in [2.75, 3.05) is 0 Å². The van der Waals surface area contributed by atoms with E-state index in [2.05, 4.69) is 0 Å². The van der Waals surface area contributed by atoms with Gasteiger partial charge in [-0.15, -0.1) is 0 Å². The second-order valence-electron chi connectivity index (χ2n) is 0.600. The summed E-state index contributed by atoms with van der Waals surface area (Å²) >= 11 is 0. The third kappa shape index (κ3) is 204. The van der Waals surface area contributed by atoms with Crippen molar-refractivity contribution >= 4 is 17.5 Å². The topological polar surface area (TPSA) is 80.9 Å². The summed E-state index contributed by atoms with van der Waals surface area (Å²) in [6.45, 7) is 0. The Morgan fingerprint density at radius 3 is 0.889 bits per heavy atom. The van der Waals surface area contributed by atoms with Crippen LogP contribution in [0.3, 0.4) is 0 Å². The molecule has 0 aromatic rings. The van der Waals surface area contributed by atoms with Crippen molar-refractivity contribution in [2.24, 2.45) is 0 Å². The van der Waals surface area contributed by atoms with E-state index in [0.29, 0.717) is 0 Å². The summed E-state index contributed by atoms with van der Waals surface area (Å²) in [4.78, 5) is 29.3. The Balaban J connectivity index is -0.0000000133. The normalized spacial score (nSPS) is 6.67.